The van der Waals surface area contributed by atoms with Crippen molar-refractivity contribution in [2.75, 3.05) is 5.88 Å². The second-order valence-electron chi connectivity index (χ2n) is 1.83. The molecule has 10 heavy (non-hydrogen) atoms. The van der Waals surface area contributed by atoms with E-state index >= 15 is 0 Å². The van der Waals surface area contributed by atoms with E-state index in [0.717, 1.165) is 5.56 Å². The van der Waals surface area contributed by atoms with Crippen LogP contribution in [-0.2, 0) is 0 Å². The van der Waals surface area contributed by atoms with Crippen LogP contribution in [0.4, 0.5) is 0 Å². The van der Waals surface area contributed by atoms with Gasteiger partial charge in [-0.1, -0.05) is 11.8 Å². The van der Waals surface area contributed by atoms with Gasteiger partial charge in [0.05, 0.1) is 5.88 Å². The molecule has 0 aliphatic heterocycles. The second kappa shape index (κ2) is 3.65. The maximum atomic E-state index is 5.40. The summed E-state index contributed by atoms with van der Waals surface area (Å²) in [6, 6.07) is 2.01. The monoisotopic (exact) mass is 170 g/mol. The number of rotatable bonds is 0. The lowest BCUT2D eigenvalue weighted by atomic mass is 10.3. The SMILES string of the molecule is Cc1sccc1C#CCCl. The molecule has 0 aliphatic rings. The summed E-state index contributed by atoms with van der Waals surface area (Å²) >= 11 is 7.11. The fourth-order valence-corrected chi connectivity index (χ4v) is 1.36. The highest BCUT2D eigenvalue weighted by Gasteiger charge is 1.91. The van der Waals surface area contributed by atoms with E-state index in [-0.39, 0.29) is 0 Å². The summed E-state index contributed by atoms with van der Waals surface area (Å²) in [5.41, 5.74) is 1.10. The molecule has 0 nitrogen and oxygen atoms in total. The van der Waals surface area contributed by atoms with Crippen LogP contribution in [-0.4, -0.2) is 5.88 Å². The minimum absolute atomic E-state index is 0.412. The zero-order valence-electron chi connectivity index (χ0n) is 5.65. The maximum Gasteiger partial charge on any atom is 0.0839 e. The highest BCUT2D eigenvalue weighted by atomic mass is 35.5. The van der Waals surface area contributed by atoms with Crippen LogP contribution in [0.25, 0.3) is 0 Å². The van der Waals surface area contributed by atoms with E-state index < -0.39 is 0 Å². The standard InChI is InChI=1S/C8H7ClS/c1-7-8(3-2-5-9)4-6-10-7/h4,6H,5H2,1H3. The first kappa shape index (κ1) is 7.65. The minimum Gasteiger partial charge on any atom is -0.148 e. The highest BCUT2D eigenvalue weighted by molar-refractivity contribution is 7.10. The van der Waals surface area contributed by atoms with Crippen LogP contribution < -0.4 is 0 Å². The third-order valence-electron chi connectivity index (χ3n) is 1.15. The van der Waals surface area contributed by atoms with E-state index in [9.17, 15) is 0 Å². The smallest absolute Gasteiger partial charge is 0.0839 e. The fraction of sp³-hybridized carbons (Fsp3) is 0.250. The Balaban J connectivity index is 2.84. The van der Waals surface area contributed by atoms with Gasteiger partial charge in [-0.2, -0.15) is 0 Å². The molecule has 0 atom stereocenters. The van der Waals surface area contributed by atoms with Crippen molar-refractivity contribution in [3.05, 3.63) is 21.9 Å². The molecule has 0 amide bonds. The Morgan fingerprint density at radius 1 is 1.70 bits per heavy atom. The van der Waals surface area contributed by atoms with E-state index in [0.29, 0.717) is 5.88 Å². The normalized spacial score (nSPS) is 8.60. The molecule has 0 aliphatic carbocycles. The van der Waals surface area contributed by atoms with Gasteiger partial charge < -0.3 is 0 Å². The number of alkyl halides is 1. The van der Waals surface area contributed by atoms with Gasteiger partial charge in [-0.05, 0) is 18.4 Å². The summed E-state index contributed by atoms with van der Waals surface area (Å²) < 4.78 is 0. The van der Waals surface area contributed by atoms with Gasteiger partial charge in [0.25, 0.3) is 0 Å². The molecule has 0 N–H and O–H groups in total. The van der Waals surface area contributed by atoms with E-state index in [1.807, 2.05) is 11.4 Å². The van der Waals surface area contributed by atoms with Crippen LogP contribution in [0.5, 0.6) is 0 Å². The molecule has 0 aromatic carbocycles. The first-order valence-corrected chi connectivity index (χ1v) is 4.35. The van der Waals surface area contributed by atoms with Crippen LogP contribution in [0.1, 0.15) is 10.4 Å². The topological polar surface area (TPSA) is 0 Å². The lowest BCUT2D eigenvalue weighted by Crippen LogP contribution is -1.70. The van der Waals surface area contributed by atoms with E-state index in [4.69, 9.17) is 11.6 Å². The second-order valence-corrected chi connectivity index (χ2v) is 3.21. The molecule has 52 valence electrons. The van der Waals surface area contributed by atoms with E-state index in [2.05, 4.69) is 18.8 Å². The number of aryl methyl sites for hydroxylation is 1. The zero-order valence-corrected chi connectivity index (χ0v) is 7.22. The number of halogens is 1. The molecule has 0 bridgehead atoms. The molecule has 0 unspecified atom stereocenters. The predicted octanol–water partition coefficient (Wildman–Crippen LogP) is 2.65. The van der Waals surface area contributed by atoms with Crippen molar-refractivity contribution in [1.29, 1.82) is 0 Å². The molecule has 0 saturated carbocycles. The number of hydrogen-bond acceptors (Lipinski definition) is 1. The molecule has 1 aromatic rings. The Labute approximate surface area is 69.8 Å². The van der Waals surface area contributed by atoms with Gasteiger partial charge in [-0.25, -0.2) is 0 Å². The Kier molecular flexibility index (Phi) is 2.80. The largest absolute Gasteiger partial charge is 0.148 e. The van der Waals surface area contributed by atoms with Gasteiger partial charge in [0.2, 0.25) is 0 Å². The summed E-state index contributed by atoms with van der Waals surface area (Å²) in [5.74, 6) is 6.20. The summed E-state index contributed by atoms with van der Waals surface area (Å²) in [5, 5.41) is 2.04. The lowest BCUT2D eigenvalue weighted by molar-refractivity contribution is 1.59. The molecular formula is C8H7ClS. The Bertz CT molecular complexity index is 264. The maximum absolute atomic E-state index is 5.40. The van der Waals surface area contributed by atoms with Crippen molar-refractivity contribution in [3.8, 4) is 11.8 Å². The third-order valence-corrected chi connectivity index (χ3v) is 2.13. The zero-order chi connectivity index (χ0) is 7.40. The van der Waals surface area contributed by atoms with Crippen molar-refractivity contribution in [2.45, 2.75) is 6.92 Å². The summed E-state index contributed by atoms with van der Waals surface area (Å²) in [7, 11) is 0. The van der Waals surface area contributed by atoms with Crippen LogP contribution in [0.2, 0.25) is 0 Å². The molecule has 0 spiro atoms. The molecule has 0 radical (unpaired) electrons. The Hall–Kier alpha value is -0.450. The van der Waals surface area contributed by atoms with E-state index in [1.165, 1.54) is 4.88 Å². The van der Waals surface area contributed by atoms with Crippen LogP contribution in [0.15, 0.2) is 11.4 Å². The first-order valence-electron chi connectivity index (χ1n) is 2.93. The van der Waals surface area contributed by atoms with Gasteiger partial charge in [0.15, 0.2) is 0 Å². The molecule has 1 rings (SSSR count). The molecule has 1 heterocycles. The average Bonchev–Trinajstić information content (AvgIpc) is 2.31. The van der Waals surface area contributed by atoms with Crippen molar-refractivity contribution < 1.29 is 0 Å². The number of hydrogen-bond donors (Lipinski definition) is 0. The van der Waals surface area contributed by atoms with Crippen LogP contribution in [0.3, 0.4) is 0 Å². The molecule has 0 saturated heterocycles. The summed E-state index contributed by atoms with van der Waals surface area (Å²) in [4.78, 5) is 1.26. The Morgan fingerprint density at radius 3 is 3.00 bits per heavy atom. The summed E-state index contributed by atoms with van der Waals surface area (Å²) in [6.07, 6.45) is 0. The van der Waals surface area contributed by atoms with Gasteiger partial charge >= 0.3 is 0 Å². The van der Waals surface area contributed by atoms with Gasteiger partial charge in [-0.15, -0.1) is 22.9 Å². The third kappa shape index (κ3) is 1.76. The first-order chi connectivity index (χ1) is 4.84. The summed E-state index contributed by atoms with van der Waals surface area (Å²) in [6.45, 7) is 2.06. The van der Waals surface area contributed by atoms with Gasteiger partial charge in [0, 0.05) is 10.4 Å². The fourth-order valence-electron chi connectivity index (χ4n) is 0.643. The van der Waals surface area contributed by atoms with Crippen molar-refractivity contribution >= 4 is 22.9 Å². The molecular weight excluding hydrogens is 164 g/mol. The van der Waals surface area contributed by atoms with Crippen molar-refractivity contribution in [2.24, 2.45) is 0 Å². The van der Waals surface area contributed by atoms with Crippen molar-refractivity contribution in [1.82, 2.24) is 0 Å². The van der Waals surface area contributed by atoms with Crippen LogP contribution >= 0.6 is 22.9 Å². The highest BCUT2D eigenvalue weighted by Crippen LogP contribution is 2.12. The molecule has 0 fully saturated rings. The van der Waals surface area contributed by atoms with Crippen LogP contribution in [0, 0.1) is 18.8 Å². The Morgan fingerprint density at radius 2 is 2.50 bits per heavy atom. The number of thiophene rings is 1. The predicted molar refractivity (Wildman–Crippen MR) is 46.7 cm³/mol. The average molecular weight is 171 g/mol. The van der Waals surface area contributed by atoms with E-state index in [1.54, 1.807) is 11.3 Å². The molecule has 2 heteroatoms. The lowest BCUT2D eigenvalue weighted by Gasteiger charge is -1.81. The van der Waals surface area contributed by atoms with Gasteiger partial charge in [-0.3, -0.25) is 0 Å². The van der Waals surface area contributed by atoms with Crippen molar-refractivity contribution in [3.63, 3.8) is 0 Å². The quantitative estimate of drug-likeness (QED) is 0.415. The molecule has 1 aromatic heterocycles. The van der Waals surface area contributed by atoms with Gasteiger partial charge in [0.1, 0.15) is 0 Å². The minimum atomic E-state index is 0.412.